The van der Waals surface area contributed by atoms with Crippen LogP contribution in [-0.4, -0.2) is 37.0 Å². The van der Waals surface area contributed by atoms with Crippen LogP contribution in [0.15, 0.2) is 118 Å². The quantitative estimate of drug-likeness (QED) is 0.190. The van der Waals surface area contributed by atoms with Gasteiger partial charge in [-0.15, -0.1) is 0 Å². The smallest absolute Gasteiger partial charge is 0.154 e. The standard InChI is InChI=1S/C34H40N4O/c1-9-11-13-14-25(5)36-34(35-8)31-20-30(21-32(22-31)38-23-26(6)39-38)29-18-16-28(17-19-29)27(7)37-33(24(3)4)15-12-10-2/h9-22,26H,2,23H2,1,3-8H3/b11-9-,14-13-,15-12-,35-34?,36-25?,37-27?. The monoisotopic (exact) mass is 520 g/mol. The SMILES string of the molecule is C=C/C=C\C(N=C(C)c1ccc(-c2cc(C(N=C(C)/C=C\C=C/C)=NC)cc(N3CC(C)O3)c2)cc1)=C(C)C. The minimum absolute atomic E-state index is 0.210. The van der Waals surface area contributed by atoms with Crippen LogP contribution >= 0.6 is 0 Å². The number of benzene rings is 2. The molecular formula is C34H40N4O. The van der Waals surface area contributed by atoms with Gasteiger partial charge in [-0.3, -0.25) is 19.9 Å². The van der Waals surface area contributed by atoms with Crippen LogP contribution in [-0.2, 0) is 4.84 Å². The molecule has 0 spiro atoms. The first kappa shape index (κ1) is 29.5. The van der Waals surface area contributed by atoms with Crippen LogP contribution in [0.4, 0.5) is 5.69 Å². The van der Waals surface area contributed by atoms with E-state index >= 15 is 0 Å². The van der Waals surface area contributed by atoms with E-state index < -0.39 is 0 Å². The molecule has 1 aliphatic heterocycles. The topological polar surface area (TPSA) is 49.5 Å². The van der Waals surface area contributed by atoms with Crippen molar-refractivity contribution in [3.63, 3.8) is 0 Å². The van der Waals surface area contributed by atoms with Crippen molar-refractivity contribution in [3.8, 4) is 11.1 Å². The second kappa shape index (κ2) is 14.2. The highest BCUT2D eigenvalue weighted by atomic mass is 16.7. The Morgan fingerprint density at radius 3 is 2.23 bits per heavy atom. The molecule has 5 heteroatoms. The molecular weight excluding hydrogens is 480 g/mol. The van der Waals surface area contributed by atoms with Crippen molar-refractivity contribution in [2.75, 3.05) is 18.7 Å². The Labute approximate surface area is 234 Å². The van der Waals surface area contributed by atoms with Gasteiger partial charge >= 0.3 is 0 Å². The Bertz CT molecular complexity index is 1370. The van der Waals surface area contributed by atoms with Crippen LogP contribution < -0.4 is 5.06 Å². The third-order valence-corrected chi connectivity index (χ3v) is 6.16. The van der Waals surface area contributed by atoms with E-state index in [-0.39, 0.29) is 6.10 Å². The molecule has 0 aliphatic carbocycles. The average molecular weight is 521 g/mol. The highest BCUT2D eigenvalue weighted by molar-refractivity contribution is 6.10. The average Bonchev–Trinajstić information content (AvgIpc) is 2.91. The second-order valence-electron chi connectivity index (χ2n) is 9.69. The molecule has 2 aromatic rings. The number of anilines is 1. The molecule has 1 saturated heterocycles. The van der Waals surface area contributed by atoms with Gasteiger partial charge in [0.1, 0.15) is 6.10 Å². The second-order valence-corrected chi connectivity index (χ2v) is 9.69. The molecule has 3 rings (SSSR count). The third kappa shape index (κ3) is 8.20. The fourth-order valence-corrected chi connectivity index (χ4v) is 4.04. The highest BCUT2D eigenvalue weighted by Crippen LogP contribution is 2.31. The molecule has 0 amide bonds. The molecule has 1 fully saturated rings. The summed E-state index contributed by atoms with van der Waals surface area (Å²) in [6.45, 7) is 16.8. The normalized spacial score (nSPS) is 16.8. The first-order valence-corrected chi connectivity index (χ1v) is 13.3. The van der Waals surface area contributed by atoms with E-state index in [1.54, 1.807) is 13.1 Å². The number of nitrogens with zero attached hydrogens (tertiary/aromatic N) is 4. The molecule has 2 aromatic carbocycles. The maximum atomic E-state index is 5.87. The van der Waals surface area contributed by atoms with Gasteiger partial charge in [0.25, 0.3) is 0 Å². The molecule has 5 nitrogen and oxygen atoms in total. The Hall–Kier alpha value is -4.09. The minimum atomic E-state index is 0.210. The van der Waals surface area contributed by atoms with Crippen LogP contribution in [0.25, 0.3) is 11.1 Å². The van der Waals surface area contributed by atoms with E-state index in [0.29, 0.717) is 5.84 Å². The molecule has 0 radical (unpaired) electrons. The van der Waals surface area contributed by atoms with E-state index in [4.69, 9.17) is 14.8 Å². The summed E-state index contributed by atoms with van der Waals surface area (Å²) in [5.41, 5.74) is 9.11. The fraction of sp³-hybridized carbons (Fsp3) is 0.265. The van der Waals surface area contributed by atoms with Crippen LogP contribution in [0.5, 0.6) is 0 Å². The van der Waals surface area contributed by atoms with Gasteiger partial charge in [0, 0.05) is 24.0 Å². The molecule has 0 N–H and O–H groups in total. The van der Waals surface area contributed by atoms with Crippen molar-refractivity contribution in [2.24, 2.45) is 15.0 Å². The summed E-state index contributed by atoms with van der Waals surface area (Å²) in [6, 6.07) is 14.9. The van der Waals surface area contributed by atoms with E-state index in [2.05, 4.69) is 74.8 Å². The fourth-order valence-electron chi connectivity index (χ4n) is 4.04. The van der Waals surface area contributed by atoms with Gasteiger partial charge in [-0.2, -0.15) is 0 Å². The number of hydrogen-bond acceptors (Lipinski definition) is 4. The predicted molar refractivity (Wildman–Crippen MR) is 169 cm³/mol. The Morgan fingerprint density at radius 1 is 0.923 bits per heavy atom. The van der Waals surface area contributed by atoms with E-state index in [1.807, 2.05) is 62.3 Å². The van der Waals surface area contributed by atoms with Gasteiger partial charge < -0.3 is 0 Å². The van der Waals surface area contributed by atoms with E-state index in [1.165, 1.54) is 0 Å². The molecule has 202 valence electrons. The van der Waals surface area contributed by atoms with Crippen LogP contribution in [0.1, 0.15) is 52.7 Å². The minimum Gasteiger partial charge on any atom is -0.270 e. The van der Waals surface area contributed by atoms with Crippen LogP contribution in [0.3, 0.4) is 0 Å². The lowest BCUT2D eigenvalue weighted by Gasteiger charge is -2.38. The Kier molecular flexibility index (Phi) is 10.7. The summed E-state index contributed by atoms with van der Waals surface area (Å²) in [5.74, 6) is 0.677. The predicted octanol–water partition coefficient (Wildman–Crippen LogP) is 8.31. The van der Waals surface area contributed by atoms with Crippen molar-refractivity contribution < 1.29 is 4.84 Å². The number of allylic oxidation sites excluding steroid dienone is 8. The number of hydrogen-bond donors (Lipinski definition) is 0. The van der Waals surface area contributed by atoms with E-state index in [0.717, 1.165) is 57.2 Å². The third-order valence-electron chi connectivity index (χ3n) is 6.16. The molecule has 1 unspecified atom stereocenters. The summed E-state index contributed by atoms with van der Waals surface area (Å²) < 4.78 is 0. The lowest BCUT2D eigenvalue weighted by molar-refractivity contribution is -0.0441. The highest BCUT2D eigenvalue weighted by Gasteiger charge is 2.25. The van der Waals surface area contributed by atoms with Crippen LogP contribution in [0, 0.1) is 0 Å². The molecule has 0 aromatic heterocycles. The zero-order chi connectivity index (χ0) is 28.4. The number of amidine groups is 1. The molecule has 1 heterocycles. The lowest BCUT2D eigenvalue weighted by atomic mass is 9.99. The largest absolute Gasteiger partial charge is 0.270 e. The number of rotatable bonds is 9. The van der Waals surface area contributed by atoms with Gasteiger partial charge in [-0.1, -0.05) is 66.8 Å². The summed E-state index contributed by atoms with van der Waals surface area (Å²) in [4.78, 5) is 20.0. The first-order valence-electron chi connectivity index (χ1n) is 13.3. The van der Waals surface area contributed by atoms with Crippen molar-refractivity contribution in [3.05, 3.63) is 114 Å². The maximum Gasteiger partial charge on any atom is 0.154 e. The van der Waals surface area contributed by atoms with Crippen molar-refractivity contribution in [1.82, 2.24) is 0 Å². The molecule has 1 atom stereocenters. The molecule has 0 bridgehead atoms. The maximum absolute atomic E-state index is 5.87. The van der Waals surface area contributed by atoms with Gasteiger partial charge in [-0.05, 0) is 88.6 Å². The van der Waals surface area contributed by atoms with Crippen molar-refractivity contribution in [2.45, 2.75) is 47.6 Å². The molecule has 1 aliphatic rings. The lowest BCUT2D eigenvalue weighted by Crippen LogP contribution is -2.46. The zero-order valence-electron chi connectivity index (χ0n) is 24.3. The van der Waals surface area contributed by atoms with Crippen molar-refractivity contribution in [1.29, 1.82) is 0 Å². The summed E-state index contributed by atoms with van der Waals surface area (Å²) in [5, 5.41) is 1.93. The Balaban J connectivity index is 1.99. The van der Waals surface area contributed by atoms with Gasteiger partial charge in [0.15, 0.2) is 5.84 Å². The van der Waals surface area contributed by atoms with Crippen molar-refractivity contribution >= 4 is 22.9 Å². The molecule has 0 saturated carbocycles. The number of hydroxylamine groups is 1. The number of aliphatic imine (C=N–C) groups is 3. The Morgan fingerprint density at radius 2 is 1.64 bits per heavy atom. The summed E-state index contributed by atoms with van der Waals surface area (Å²) >= 11 is 0. The molecule has 39 heavy (non-hydrogen) atoms. The first-order chi connectivity index (χ1) is 18.7. The van der Waals surface area contributed by atoms with Gasteiger partial charge in [0.2, 0.25) is 0 Å². The summed E-state index contributed by atoms with van der Waals surface area (Å²) in [7, 11) is 1.78. The van der Waals surface area contributed by atoms with E-state index in [9.17, 15) is 0 Å². The van der Waals surface area contributed by atoms with Gasteiger partial charge in [0.05, 0.1) is 17.9 Å². The zero-order valence-corrected chi connectivity index (χ0v) is 24.3. The summed E-state index contributed by atoms with van der Waals surface area (Å²) in [6.07, 6.45) is 13.8. The van der Waals surface area contributed by atoms with Crippen LogP contribution in [0.2, 0.25) is 0 Å². The van der Waals surface area contributed by atoms with Gasteiger partial charge in [-0.25, -0.2) is 4.99 Å².